The van der Waals surface area contributed by atoms with Gasteiger partial charge in [0.1, 0.15) is 23.9 Å². The number of Topliss-reactive ketones (excluding diaryl/α,β-unsaturated/α-hetero) is 1. The minimum atomic E-state index is -0.995. The largest absolute Gasteiger partial charge is 0.508 e. The Morgan fingerprint density at radius 1 is 0.956 bits per heavy atom. The molecule has 1 atom stereocenters. The van der Waals surface area contributed by atoms with Gasteiger partial charge in [-0.1, -0.05) is 88.8 Å². The molecule has 226 valence electrons. The number of ketones is 1. The predicted molar refractivity (Wildman–Crippen MR) is 176 cm³/mol. The maximum Gasteiger partial charge on any atom is 0.301 e. The number of aliphatic hydroxyl groups is 1. The van der Waals surface area contributed by atoms with Gasteiger partial charge in [0.15, 0.2) is 4.34 Å². The molecule has 1 aliphatic rings. The van der Waals surface area contributed by atoms with Crippen LogP contribution in [0.4, 0.5) is 5.13 Å². The topological polar surface area (TPSA) is 113 Å². The lowest BCUT2D eigenvalue weighted by Crippen LogP contribution is -2.29. The van der Waals surface area contributed by atoms with Gasteiger partial charge in [-0.3, -0.25) is 14.5 Å². The summed E-state index contributed by atoms with van der Waals surface area (Å²) in [4.78, 5) is 28.3. The SMILES string of the molecule is Cc1cccc(COc2ccc(/C(O)=C3\C(=O)C(=O)N(c4nnc(SCc5ccc(Cl)cc5)s4)C3c3ccc(O)cc3)cc2)c1. The van der Waals surface area contributed by atoms with E-state index in [4.69, 9.17) is 16.3 Å². The summed E-state index contributed by atoms with van der Waals surface area (Å²) in [5.74, 6) is -0.804. The smallest absolute Gasteiger partial charge is 0.301 e. The number of ether oxygens (including phenoxy) is 1. The number of halogens is 1. The van der Waals surface area contributed by atoms with E-state index in [1.54, 1.807) is 36.4 Å². The van der Waals surface area contributed by atoms with Crippen LogP contribution in [0, 0.1) is 6.92 Å². The van der Waals surface area contributed by atoms with Gasteiger partial charge >= 0.3 is 5.91 Å². The number of anilines is 1. The number of carbonyl (C=O) groups is 2. The van der Waals surface area contributed by atoms with E-state index in [-0.39, 0.29) is 22.2 Å². The lowest BCUT2D eigenvalue weighted by molar-refractivity contribution is -0.132. The molecule has 0 aliphatic carbocycles. The van der Waals surface area contributed by atoms with Crippen LogP contribution in [-0.4, -0.2) is 32.1 Å². The van der Waals surface area contributed by atoms with Crippen molar-refractivity contribution in [3.63, 3.8) is 0 Å². The Morgan fingerprint density at radius 3 is 2.40 bits per heavy atom. The molecule has 4 aromatic carbocycles. The van der Waals surface area contributed by atoms with Crippen molar-refractivity contribution in [3.8, 4) is 11.5 Å². The molecular formula is C34H26ClN3O5S2. The second kappa shape index (κ2) is 13.2. The van der Waals surface area contributed by atoms with Crippen LogP contribution < -0.4 is 9.64 Å². The summed E-state index contributed by atoms with van der Waals surface area (Å²) < 4.78 is 6.51. The first-order valence-electron chi connectivity index (χ1n) is 13.9. The van der Waals surface area contributed by atoms with Crippen molar-refractivity contribution >= 4 is 57.3 Å². The molecule has 2 heterocycles. The summed E-state index contributed by atoms with van der Waals surface area (Å²) in [6.45, 7) is 2.39. The van der Waals surface area contributed by atoms with Gasteiger partial charge in [0.2, 0.25) is 5.13 Å². The van der Waals surface area contributed by atoms with E-state index in [0.717, 1.165) is 16.7 Å². The van der Waals surface area contributed by atoms with Crippen molar-refractivity contribution in [1.82, 2.24) is 10.2 Å². The molecule has 0 bridgehead atoms. The number of aromatic hydroxyl groups is 1. The first kappa shape index (κ1) is 30.4. The van der Waals surface area contributed by atoms with Crippen molar-refractivity contribution in [1.29, 1.82) is 0 Å². The Kier molecular flexibility index (Phi) is 8.88. The third kappa shape index (κ3) is 6.73. The first-order chi connectivity index (χ1) is 21.8. The number of aromatic nitrogens is 2. The zero-order valence-electron chi connectivity index (χ0n) is 23.9. The number of hydrogen-bond donors (Lipinski definition) is 2. The second-order valence-corrected chi connectivity index (χ2v) is 12.9. The van der Waals surface area contributed by atoms with Gasteiger partial charge in [-0.05, 0) is 72.1 Å². The molecule has 0 spiro atoms. The van der Waals surface area contributed by atoms with Crippen molar-refractivity contribution < 1.29 is 24.5 Å². The Labute approximate surface area is 272 Å². The number of nitrogens with zero attached hydrogens (tertiary/aromatic N) is 3. The zero-order chi connectivity index (χ0) is 31.5. The van der Waals surface area contributed by atoms with Gasteiger partial charge < -0.3 is 14.9 Å². The molecule has 11 heteroatoms. The van der Waals surface area contributed by atoms with Gasteiger partial charge in [-0.25, -0.2) is 0 Å². The maximum atomic E-state index is 13.5. The highest BCUT2D eigenvalue weighted by Gasteiger charge is 2.48. The highest BCUT2D eigenvalue weighted by atomic mass is 35.5. The number of phenols is 1. The van der Waals surface area contributed by atoms with E-state index in [2.05, 4.69) is 10.2 Å². The van der Waals surface area contributed by atoms with E-state index in [9.17, 15) is 19.8 Å². The molecule has 0 radical (unpaired) electrons. The number of amides is 1. The molecule has 1 unspecified atom stereocenters. The molecule has 1 saturated heterocycles. The maximum absolute atomic E-state index is 13.5. The number of aryl methyl sites for hydroxylation is 1. The Morgan fingerprint density at radius 2 is 1.69 bits per heavy atom. The van der Waals surface area contributed by atoms with Crippen LogP contribution in [-0.2, 0) is 21.9 Å². The fourth-order valence-electron chi connectivity index (χ4n) is 4.92. The third-order valence-corrected chi connectivity index (χ3v) is 9.53. The van der Waals surface area contributed by atoms with Crippen LogP contribution in [0.25, 0.3) is 5.76 Å². The van der Waals surface area contributed by atoms with Crippen LogP contribution in [0.15, 0.2) is 107 Å². The Hall–Kier alpha value is -4.64. The number of rotatable bonds is 9. The Bertz CT molecular complexity index is 1890. The van der Waals surface area contributed by atoms with Crippen LogP contribution in [0.3, 0.4) is 0 Å². The molecule has 1 aromatic heterocycles. The first-order valence-corrected chi connectivity index (χ1v) is 16.0. The highest BCUT2D eigenvalue weighted by Crippen LogP contribution is 2.44. The summed E-state index contributed by atoms with van der Waals surface area (Å²) in [7, 11) is 0. The van der Waals surface area contributed by atoms with E-state index >= 15 is 0 Å². The molecule has 5 aromatic rings. The van der Waals surface area contributed by atoms with Crippen molar-refractivity contribution in [2.45, 2.75) is 29.7 Å². The van der Waals surface area contributed by atoms with Crippen molar-refractivity contribution in [2.75, 3.05) is 4.90 Å². The predicted octanol–water partition coefficient (Wildman–Crippen LogP) is 7.70. The summed E-state index contributed by atoms with van der Waals surface area (Å²) in [6.07, 6.45) is 0. The number of thioether (sulfide) groups is 1. The molecular weight excluding hydrogens is 630 g/mol. The van der Waals surface area contributed by atoms with Crippen LogP contribution in [0.2, 0.25) is 5.02 Å². The molecule has 1 fully saturated rings. The van der Waals surface area contributed by atoms with E-state index in [0.29, 0.717) is 38.6 Å². The summed E-state index contributed by atoms with van der Waals surface area (Å²) in [5, 5.41) is 30.7. The minimum absolute atomic E-state index is 0.0220. The third-order valence-electron chi connectivity index (χ3n) is 7.15. The van der Waals surface area contributed by atoms with Gasteiger partial charge in [-0.2, -0.15) is 0 Å². The number of aliphatic hydroxyl groups excluding tert-OH is 1. The summed E-state index contributed by atoms with van der Waals surface area (Å²) in [6, 6.07) is 27.3. The molecule has 1 aliphatic heterocycles. The number of carbonyl (C=O) groups excluding carboxylic acids is 2. The zero-order valence-corrected chi connectivity index (χ0v) is 26.3. The van der Waals surface area contributed by atoms with E-state index in [1.807, 2.05) is 55.5 Å². The monoisotopic (exact) mass is 655 g/mol. The fourth-order valence-corrected chi connectivity index (χ4v) is 6.87. The van der Waals surface area contributed by atoms with E-state index in [1.165, 1.54) is 40.1 Å². The van der Waals surface area contributed by atoms with Crippen LogP contribution in [0.1, 0.15) is 33.9 Å². The van der Waals surface area contributed by atoms with Gasteiger partial charge in [0.25, 0.3) is 5.78 Å². The molecule has 1 amide bonds. The Balaban J connectivity index is 1.29. The van der Waals surface area contributed by atoms with Crippen molar-refractivity contribution in [3.05, 3.63) is 135 Å². The molecule has 2 N–H and O–H groups in total. The molecule has 6 rings (SSSR count). The van der Waals surface area contributed by atoms with E-state index < -0.39 is 17.7 Å². The lowest BCUT2D eigenvalue weighted by Gasteiger charge is -2.22. The standard InChI is InChI=1S/C34H26ClN3O5S2/c1-20-3-2-4-22(17-20)18-43-27-15-9-24(10-16-27)30(40)28-29(23-7-13-26(39)14-8-23)38(32(42)31(28)41)33-36-37-34(45-33)44-19-21-5-11-25(35)12-6-21/h2-17,29,39-40H,18-19H2,1H3/b30-28+. The number of benzene rings is 4. The second-order valence-electron chi connectivity index (χ2n) is 10.3. The highest BCUT2D eigenvalue weighted by molar-refractivity contribution is 8.00. The van der Waals surface area contributed by atoms with Crippen molar-refractivity contribution in [2.24, 2.45) is 0 Å². The quantitative estimate of drug-likeness (QED) is 0.0546. The summed E-state index contributed by atoms with van der Waals surface area (Å²) >= 11 is 8.60. The molecule has 0 saturated carbocycles. The average Bonchev–Trinajstić information content (AvgIpc) is 3.62. The number of phenolic OH excluding ortho intramolecular Hbond substituents is 1. The normalized spacial score (nSPS) is 15.9. The average molecular weight is 656 g/mol. The number of hydrogen-bond acceptors (Lipinski definition) is 9. The van der Waals surface area contributed by atoms with Gasteiger partial charge in [0, 0.05) is 16.3 Å². The fraction of sp³-hybridized carbons (Fsp3) is 0.118. The molecule has 45 heavy (non-hydrogen) atoms. The van der Waals surface area contributed by atoms with Gasteiger partial charge in [-0.15, -0.1) is 10.2 Å². The van der Waals surface area contributed by atoms with Crippen LogP contribution in [0.5, 0.6) is 11.5 Å². The minimum Gasteiger partial charge on any atom is -0.508 e. The lowest BCUT2D eigenvalue weighted by atomic mass is 9.95. The van der Waals surface area contributed by atoms with Crippen LogP contribution >= 0.6 is 34.7 Å². The van der Waals surface area contributed by atoms with Gasteiger partial charge in [0.05, 0.1) is 11.6 Å². The molecule has 8 nitrogen and oxygen atoms in total. The summed E-state index contributed by atoms with van der Waals surface area (Å²) in [5.41, 5.74) is 3.96.